The van der Waals surface area contributed by atoms with Gasteiger partial charge in [0.05, 0.1) is 0 Å². The van der Waals surface area contributed by atoms with Gasteiger partial charge >= 0.3 is 96.0 Å². The molecule has 0 aliphatic heterocycles. The number of halogens is 6. The second-order valence-electron chi connectivity index (χ2n) is 1.07. The summed E-state index contributed by atoms with van der Waals surface area (Å²) in [6, 6.07) is 0. The van der Waals surface area contributed by atoms with Crippen LogP contribution in [0.5, 0.6) is 0 Å². The molecule has 0 aliphatic carbocycles. The van der Waals surface area contributed by atoms with Gasteiger partial charge in [-0.25, -0.2) is 0 Å². The van der Waals surface area contributed by atoms with Gasteiger partial charge in [-0.1, -0.05) is 0 Å². The fraction of sp³-hybridized carbons (Fsp3) is 0. The van der Waals surface area contributed by atoms with Crippen molar-refractivity contribution in [2.24, 2.45) is 0 Å². The molecule has 0 aromatic carbocycles. The van der Waals surface area contributed by atoms with E-state index in [-0.39, 0.29) is 35.0 Å². The van der Waals surface area contributed by atoms with Gasteiger partial charge in [0.15, 0.2) is 0 Å². The molecule has 0 unspecified atom stereocenters. The molecule has 0 aliphatic rings. The molecule has 0 aromatic heterocycles. The van der Waals surface area contributed by atoms with Crippen molar-refractivity contribution in [1.29, 1.82) is 0 Å². The molecule has 0 spiro atoms. The molecule has 0 atom stereocenters. The summed E-state index contributed by atoms with van der Waals surface area (Å²) >= 11 is 5.78. The average Bonchev–Trinajstić information content (AvgIpc) is 0.592. The molecular weight excluding hydrogens is 666 g/mol. The fourth-order valence-electron chi connectivity index (χ4n) is 0. The summed E-state index contributed by atoms with van der Waals surface area (Å²) in [6.07, 6.45) is 0. The minimum absolute atomic E-state index is 0. The first kappa shape index (κ1) is 19.9. The fourth-order valence-corrected chi connectivity index (χ4v) is 0. The molecule has 2 N–H and O–H groups in total. The van der Waals surface area contributed by atoms with E-state index in [9.17, 15) is 0 Å². The third-order valence-corrected chi connectivity index (χ3v) is 0. The zero-order chi connectivity index (χ0) is 6.41. The molecule has 0 radical (unpaired) electrons. The van der Waals surface area contributed by atoms with E-state index in [1.54, 1.807) is 0 Å². The monoisotopic (exact) mass is 668 g/mol. The normalized spacial score (nSPS) is 18.0. The third-order valence-electron chi connectivity index (χ3n) is 0. The number of hydrogen-bond acceptors (Lipinski definition) is 0. The minimum atomic E-state index is -4.07. The number of rotatable bonds is 0. The van der Waals surface area contributed by atoms with Crippen LogP contribution in [0.2, 0.25) is 0 Å². The second-order valence-corrected chi connectivity index (χ2v) is 178. The predicted molar refractivity (Wildman–Crippen MR) is 70.4 cm³/mol. The van der Waals surface area contributed by atoms with E-state index in [0.29, 0.717) is 0 Å². The van der Waals surface area contributed by atoms with E-state index >= 15 is 0 Å². The summed E-state index contributed by atoms with van der Waals surface area (Å²) in [4.78, 5) is 0. The molecule has 0 saturated carbocycles. The Labute approximate surface area is 96.6 Å². The van der Waals surface area contributed by atoms with Crippen LogP contribution in [0.1, 0.15) is 0 Å². The van der Waals surface area contributed by atoms with Crippen molar-refractivity contribution in [3.8, 4) is 0 Å². The van der Waals surface area contributed by atoms with Crippen LogP contribution in [0.15, 0.2) is 0 Å². The SMILES string of the molecule is O.[Cl][Ce]([Cl])([Cl])([I])([I])[I].[NaH]. The molecule has 0 heterocycles. The van der Waals surface area contributed by atoms with Crippen LogP contribution in [-0.2, 0) is 0 Å². The van der Waals surface area contributed by atoms with Gasteiger partial charge in [-0.15, -0.1) is 0 Å². The van der Waals surface area contributed by atoms with Crippen LogP contribution in [0.4, 0.5) is 0 Å². The van der Waals surface area contributed by atoms with Crippen LogP contribution < -0.4 is 0 Å². The maximum absolute atomic E-state index is 5.74. The van der Waals surface area contributed by atoms with Crippen LogP contribution >= 0.6 is 58.6 Å². The Hall–Kier alpha value is 5.40. The Morgan fingerprint density at radius 2 is 0.889 bits per heavy atom. The van der Waals surface area contributed by atoms with Crippen LogP contribution in [0, 0.1) is 7.80 Å². The molecule has 0 fully saturated rings. The van der Waals surface area contributed by atoms with Crippen LogP contribution in [-0.4, -0.2) is 35.0 Å². The Bertz CT molecular complexity index is 77.6. The van der Waals surface area contributed by atoms with Crippen LogP contribution in [0.3, 0.4) is 0 Å². The summed E-state index contributed by atoms with van der Waals surface area (Å²) in [5.74, 6) is 0. The second kappa shape index (κ2) is 4.95. The Kier molecular flexibility index (Phi) is 10.9. The Morgan fingerprint density at radius 1 is 0.889 bits per heavy atom. The summed E-state index contributed by atoms with van der Waals surface area (Å²) in [7, 11) is -4.07. The molecular formula is H3CeCl3I3NaO. The summed E-state index contributed by atoms with van der Waals surface area (Å²) in [5.41, 5.74) is 17.2. The molecule has 0 amide bonds. The van der Waals surface area contributed by atoms with Gasteiger partial charge in [0, 0.05) is 0 Å². The molecule has 0 saturated heterocycles. The quantitative estimate of drug-likeness (QED) is 0.281. The van der Waals surface area contributed by atoms with E-state index in [1.165, 1.54) is 0 Å². The van der Waals surface area contributed by atoms with E-state index < -0.39 is 7.80 Å². The van der Waals surface area contributed by atoms with Gasteiger partial charge in [-0.3, -0.25) is 0 Å². The molecule has 0 rings (SSSR count). The van der Waals surface area contributed by atoms with Gasteiger partial charge in [-0.05, 0) is 0 Å². The maximum atomic E-state index is 5.74. The van der Waals surface area contributed by atoms with Gasteiger partial charge in [0.2, 0.25) is 0 Å². The van der Waals surface area contributed by atoms with Gasteiger partial charge < -0.3 is 5.48 Å². The topological polar surface area (TPSA) is 31.5 Å². The predicted octanol–water partition coefficient (Wildman–Crippen LogP) is 3.25. The van der Waals surface area contributed by atoms with Crippen molar-refractivity contribution in [1.82, 2.24) is 0 Å². The van der Waals surface area contributed by atoms with Crippen LogP contribution in [0.25, 0.3) is 0 Å². The van der Waals surface area contributed by atoms with E-state index in [1.807, 2.05) is 41.8 Å². The van der Waals surface area contributed by atoms with Gasteiger partial charge in [0.1, 0.15) is 0 Å². The molecule has 56 valence electrons. The van der Waals surface area contributed by atoms with Crippen molar-refractivity contribution in [2.75, 3.05) is 0 Å². The third kappa shape index (κ3) is 59.7. The number of hydrogen-bond donors (Lipinski definition) is 0. The molecule has 1 nitrogen and oxygen atoms in total. The molecule has 9 heavy (non-hydrogen) atoms. The average molecular weight is 669 g/mol. The first-order valence-corrected chi connectivity index (χ1v) is 40.1. The van der Waals surface area contributed by atoms with Crippen molar-refractivity contribution in [3.63, 3.8) is 0 Å². The van der Waals surface area contributed by atoms with E-state index in [0.717, 1.165) is 0 Å². The van der Waals surface area contributed by atoms with Crippen molar-refractivity contribution < 1.29 is 13.3 Å². The zero-order valence-corrected chi connectivity index (χ0v) is 15.1. The molecule has 0 aromatic rings. The van der Waals surface area contributed by atoms with Crippen molar-refractivity contribution in [3.05, 3.63) is 0 Å². The van der Waals surface area contributed by atoms with Crippen molar-refractivity contribution in [2.45, 2.75) is 0 Å². The van der Waals surface area contributed by atoms with Gasteiger partial charge in [0.25, 0.3) is 0 Å². The zero-order valence-electron chi connectivity index (χ0n) is 3.27. The Balaban J connectivity index is -0.000000180. The van der Waals surface area contributed by atoms with E-state index in [4.69, 9.17) is 16.9 Å². The first-order chi connectivity index (χ1) is 2.45. The Morgan fingerprint density at radius 3 is 0.889 bits per heavy atom. The summed E-state index contributed by atoms with van der Waals surface area (Å²) < 4.78 is 0. The summed E-state index contributed by atoms with van der Waals surface area (Å²) in [5, 5.41) is 0. The first-order valence-electron chi connectivity index (χ1n) is 1.13. The van der Waals surface area contributed by atoms with Crippen molar-refractivity contribution >= 4 is 88.2 Å². The standard InChI is InChI=1S/Ce.3ClH.3HI.Na.H2O.H/h;6*1H;;1H2;/q+6;;;;;;;;;/p-6. The summed E-state index contributed by atoms with van der Waals surface area (Å²) in [6.45, 7) is 0. The molecule has 0 bridgehead atoms. The van der Waals surface area contributed by atoms with Gasteiger partial charge in [-0.2, -0.15) is 0 Å². The molecule has 9 heteroatoms. The van der Waals surface area contributed by atoms with E-state index in [2.05, 4.69) is 0 Å².